The third-order valence-corrected chi connectivity index (χ3v) is 1.63. The van der Waals surface area contributed by atoms with E-state index in [0.29, 0.717) is 0 Å². The molecule has 0 amide bonds. The van der Waals surface area contributed by atoms with Gasteiger partial charge in [-0.2, -0.15) is 0 Å². The van der Waals surface area contributed by atoms with Gasteiger partial charge in [-0.05, 0) is 31.5 Å². The van der Waals surface area contributed by atoms with Gasteiger partial charge in [0.25, 0.3) is 0 Å². The fraction of sp³-hybridized carbons (Fsp3) is 0.333. The number of aromatic hydroxyl groups is 1. The number of benzene rings is 1. The number of halogens is 2. The summed E-state index contributed by atoms with van der Waals surface area (Å²) >= 11 is 0. The molecule has 0 unspecified atom stereocenters. The third-order valence-electron chi connectivity index (χ3n) is 1.63. The Kier molecular flexibility index (Phi) is 2.04. The van der Waals surface area contributed by atoms with E-state index in [1.54, 1.807) is 0 Å². The largest absolute Gasteiger partial charge is 0.505 e. The second-order valence-corrected chi connectivity index (χ2v) is 3.14. The van der Waals surface area contributed by atoms with Crippen LogP contribution in [0, 0.1) is 5.82 Å². The van der Waals surface area contributed by atoms with Crippen molar-refractivity contribution in [1.29, 1.82) is 0 Å². The lowest BCUT2D eigenvalue weighted by molar-refractivity contribution is 0.220. The minimum absolute atomic E-state index is 0.220. The zero-order valence-electron chi connectivity index (χ0n) is 6.94. The van der Waals surface area contributed by atoms with E-state index in [9.17, 15) is 8.78 Å². The molecule has 0 aromatic heterocycles. The summed E-state index contributed by atoms with van der Waals surface area (Å²) in [5.74, 6) is -1.25. The van der Waals surface area contributed by atoms with Crippen LogP contribution in [0.1, 0.15) is 19.4 Å². The van der Waals surface area contributed by atoms with E-state index in [1.165, 1.54) is 19.9 Å². The summed E-state index contributed by atoms with van der Waals surface area (Å²) in [6, 6.07) is 3.50. The van der Waals surface area contributed by atoms with Gasteiger partial charge in [-0.15, -0.1) is 0 Å². The number of hydrogen-bond acceptors (Lipinski definition) is 1. The summed E-state index contributed by atoms with van der Waals surface area (Å²) in [7, 11) is 0. The first-order valence-electron chi connectivity index (χ1n) is 3.59. The van der Waals surface area contributed by atoms with E-state index in [1.807, 2.05) is 0 Å². The molecule has 1 nitrogen and oxygen atoms in total. The second kappa shape index (κ2) is 2.73. The van der Waals surface area contributed by atoms with Crippen LogP contribution in [0.5, 0.6) is 5.75 Å². The Bertz CT molecular complexity index is 289. The predicted molar refractivity (Wildman–Crippen MR) is 42.2 cm³/mol. The van der Waals surface area contributed by atoms with Gasteiger partial charge >= 0.3 is 0 Å². The molecule has 1 aromatic rings. The zero-order chi connectivity index (χ0) is 9.35. The van der Waals surface area contributed by atoms with Crippen molar-refractivity contribution in [3.05, 3.63) is 29.6 Å². The second-order valence-electron chi connectivity index (χ2n) is 3.14. The zero-order valence-corrected chi connectivity index (χ0v) is 6.94. The number of hydrogen-bond donors (Lipinski definition) is 1. The first-order chi connectivity index (χ1) is 5.41. The molecule has 3 heteroatoms. The van der Waals surface area contributed by atoms with Crippen molar-refractivity contribution >= 4 is 0 Å². The topological polar surface area (TPSA) is 20.2 Å². The molecule has 0 atom stereocenters. The van der Waals surface area contributed by atoms with E-state index >= 15 is 0 Å². The average molecular weight is 172 g/mol. The molecule has 12 heavy (non-hydrogen) atoms. The molecule has 0 radical (unpaired) electrons. The Morgan fingerprint density at radius 3 is 2.33 bits per heavy atom. The van der Waals surface area contributed by atoms with Crippen LogP contribution in [-0.2, 0) is 5.67 Å². The molecule has 1 rings (SSSR count). The lowest BCUT2D eigenvalue weighted by Gasteiger charge is -2.14. The van der Waals surface area contributed by atoms with Crippen LogP contribution in [-0.4, -0.2) is 5.11 Å². The molecule has 66 valence electrons. The molecule has 0 aliphatic carbocycles. The van der Waals surface area contributed by atoms with Gasteiger partial charge in [0, 0.05) is 0 Å². The van der Waals surface area contributed by atoms with Gasteiger partial charge in [0.2, 0.25) is 0 Å². The van der Waals surface area contributed by atoms with Crippen LogP contribution in [0.2, 0.25) is 0 Å². The molecule has 0 fully saturated rings. The van der Waals surface area contributed by atoms with Crippen LogP contribution in [0.3, 0.4) is 0 Å². The summed E-state index contributed by atoms with van der Waals surface area (Å²) in [5.41, 5.74) is -1.35. The maximum atomic E-state index is 13.2. The Balaban J connectivity index is 3.14. The van der Waals surface area contributed by atoms with Gasteiger partial charge in [-0.25, -0.2) is 8.78 Å². The number of phenolic OH excluding ortho intramolecular Hbond substituents is 1. The van der Waals surface area contributed by atoms with Crippen molar-refractivity contribution in [3.63, 3.8) is 0 Å². The van der Waals surface area contributed by atoms with Gasteiger partial charge in [0.15, 0.2) is 11.6 Å². The predicted octanol–water partition coefficient (Wildman–Crippen LogP) is 2.74. The Morgan fingerprint density at radius 2 is 1.92 bits per heavy atom. The van der Waals surface area contributed by atoms with Crippen molar-refractivity contribution in [2.75, 3.05) is 0 Å². The van der Waals surface area contributed by atoms with Crippen molar-refractivity contribution in [3.8, 4) is 5.75 Å². The smallest absolute Gasteiger partial charge is 0.165 e. The minimum Gasteiger partial charge on any atom is -0.505 e. The molecular formula is C9H10F2O. The van der Waals surface area contributed by atoms with Crippen molar-refractivity contribution in [2.24, 2.45) is 0 Å². The summed E-state index contributed by atoms with van der Waals surface area (Å²) < 4.78 is 25.9. The van der Waals surface area contributed by atoms with Crippen molar-refractivity contribution < 1.29 is 13.9 Å². The fourth-order valence-electron chi connectivity index (χ4n) is 0.877. The van der Waals surface area contributed by atoms with Gasteiger partial charge in [0.05, 0.1) is 0 Å². The Labute approximate surface area is 69.7 Å². The van der Waals surface area contributed by atoms with Crippen LogP contribution in [0.4, 0.5) is 8.78 Å². The molecule has 1 aromatic carbocycles. The summed E-state index contributed by atoms with van der Waals surface area (Å²) in [4.78, 5) is 0. The molecule has 0 saturated carbocycles. The van der Waals surface area contributed by atoms with E-state index in [2.05, 4.69) is 0 Å². The number of phenols is 1. The first-order valence-corrected chi connectivity index (χ1v) is 3.59. The average Bonchev–Trinajstić information content (AvgIpc) is 1.92. The van der Waals surface area contributed by atoms with Crippen molar-refractivity contribution in [1.82, 2.24) is 0 Å². The normalized spacial score (nSPS) is 11.7. The minimum atomic E-state index is -1.57. The molecule has 0 heterocycles. The van der Waals surface area contributed by atoms with Gasteiger partial charge in [-0.3, -0.25) is 0 Å². The van der Waals surface area contributed by atoms with Gasteiger partial charge in [0.1, 0.15) is 5.67 Å². The molecule has 0 aliphatic heterocycles. The molecule has 0 spiro atoms. The van der Waals surface area contributed by atoms with Gasteiger partial charge in [-0.1, -0.05) is 6.07 Å². The molecular weight excluding hydrogens is 162 g/mol. The van der Waals surface area contributed by atoms with Crippen LogP contribution in [0.25, 0.3) is 0 Å². The van der Waals surface area contributed by atoms with Crippen LogP contribution < -0.4 is 0 Å². The highest BCUT2D eigenvalue weighted by molar-refractivity contribution is 5.30. The SMILES string of the molecule is CC(C)(F)c1ccc(O)c(F)c1. The highest BCUT2D eigenvalue weighted by Crippen LogP contribution is 2.27. The first kappa shape index (κ1) is 8.97. The third kappa shape index (κ3) is 1.72. The number of alkyl halides is 1. The Hall–Kier alpha value is -1.12. The van der Waals surface area contributed by atoms with E-state index in [-0.39, 0.29) is 5.56 Å². The maximum absolute atomic E-state index is 13.2. The molecule has 0 bridgehead atoms. The summed E-state index contributed by atoms with van der Waals surface area (Å²) in [5, 5.41) is 8.81. The summed E-state index contributed by atoms with van der Waals surface area (Å²) in [6.45, 7) is 2.66. The highest BCUT2D eigenvalue weighted by Gasteiger charge is 2.19. The van der Waals surface area contributed by atoms with E-state index < -0.39 is 17.2 Å². The highest BCUT2D eigenvalue weighted by atomic mass is 19.1. The van der Waals surface area contributed by atoms with Crippen LogP contribution >= 0.6 is 0 Å². The lowest BCUT2D eigenvalue weighted by atomic mass is 10.0. The molecule has 1 N–H and O–H groups in total. The standard InChI is InChI=1S/C9H10F2O/c1-9(2,11)6-3-4-8(12)7(10)5-6/h3-5,12H,1-2H3. The molecule has 0 saturated heterocycles. The van der Waals surface area contributed by atoms with Crippen LogP contribution in [0.15, 0.2) is 18.2 Å². The van der Waals surface area contributed by atoms with Gasteiger partial charge < -0.3 is 5.11 Å². The maximum Gasteiger partial charge on any atom is 0.165 e. The molecule has 0 aliphatic rings. The fourth-order valence-corrected chi connectivity index (χ4v) is 0.877. The number of rotatable bonds is 1. The van der Waals surface area contributed by atoms with Crippen molar-refractivity contribution in [2.45, 2.75) is 19.5 Å². The summed E-state index contributed by atoms with van der Waals surface area (Å²) in [6.07, 6.45) is 0. The van der Waals surface area contributed by atoms with E-state index in [0.717, 1.165) is 12.1 Å². The Morgan fingerprint density at radius 1 is 1.33 bits per heavy atom. The quantitative estimate of drug-likeness (QED) is 0.690. The lowest BCUT2D eigenvalue weighted by Crippen LogP contribution is -2.08. The van der Waals surface area contributed by atoms with E-state index in [4.69, 9.17) is 5.11 Å². The monoisotopic (exact) mass is 172 g/mol.